The fourth-order valence-electron chi connectivity index (χ4n) is 4.66. The van der Waals surface area contributed by atoms with Crippen LogP contribution >= 0.6 is 0 Å². The molecule has 156 valence electrons. The number of amides is 1. The molecule has 4 nitrogen and oxygen atoms in total. The van der Waals surface area contributed by atoms with Crippen molar-refractivity contribution >= 4 is 5.91 Å². The first-order valence-corrected chi connectivity index (χ1v) is 10.6. The highest BCUT2D eigenvalue weighted by atomic mass is 16.5. The van der Waals surface area contributed by atoms with Crippen LogP contribution in [0.25, 0.3) is 0 Å². The zero-order chi connectivity index (χ0) is 21.0. The first kappa shape index (κ1) is 21.2. The van der Waals surface area contributed by atoms with Crippen LogP contribution in [-0.2, 0) is 17.6 Å². The van der Waals surface area contributed by atoms with Gasteiger partial charge in [0.2, 0.25) is 5.91 Å². The fraction of sp³-hybridized carbons (Fsp3) is 0.480. The molecule has 0 spiro atoms. The molecule has 2 atom stereocenters. The normalized spacial score (nSPS) is 18.7. The maximum absolute atomic E-state index is 11.5. The number of rotatable bonds is 8. The van der Waals surface area contributed by atoms with Crippen LogP contribution in [0.4, 0.5) is 0 Å². The van der Waals surface area contributed by atoms with Crippen LogP contribution in [0.5, 0.6) is 11.5 Å². The summed E-state index contributed by atoms with van der Waals surface area (Å²) in [5, 5.41) is 10.7. The molecular weight excluding hydrogens is 362 g/mol. The van der Waals surface area contributed by atoms with Gasteiger partial charge in [0.1, 0.15) is 11.5 Å². The van der Waals surface area contributed by atoms with Crippen LogP contribution in [-0.4, -0.2) is 17.1 Å². The molecule has 2 unspecified atom stereocenters. The number of hydrogen-bond donors (Lipinski definition) is 2. The monoisotopic (exact) mass is 395 g/mol. The number of primary amides is 1. The van der Waals surface area contributed by atoms with Gasteiger partial charge in [0, 0.05) is 18.1 Å². The molecule has 4 heteroatoms. The number of carbonyl (C=O) groups excluding carboxylic acids is 1. The highest BCUT2D eigenvalue weighted by Gasteiger charge is 2.35. The summed E-state index contributed by atoms with van der Waals surface area (Å²) >= 11 is 0. The van der Waals surface area contributed by atoms with Gasteiger partial charge in [-0.3, -0.25) is 4.79 Å². The van der Waals surface area contributed by atoms with Gasteiger partial charge in [-0.15, -0.1) is 0 Å². The van der Waals surface area contributed by atoms with Crippen LogP contribution < -0.4 is 10.5 Å². The zero-order valence-electron chi connectivity index (χ0n) is 17.8. The number of aryl methyl sites for hydroxylation is 1. The lowest BCUT2D eigenvalue weighted by molar-refractivity contribution is -0.118. The van der Waals surface area contributed by atoms with Crippen molar-refractivity contribution in [1.29, 1.82) is 0 Å². The van der Waals surface area contributed by atoms with Gasteiger partial charge in [-0.05, 0) is 67.6 Å². The smallest absolute Gasteiger partial charge is 0.218 e. The van der Waals surface area contributed by atoms with Crippen molar-refractivity contribution in [3.8, 4) is 11.5 Å². The molecule has 0 saturated heterocycles. The third-order valence-electron chi connectivity index (χ3n) is 5.80. The Hall–Kier alpha value is -2.49. The molecule has 1 amide bonds. The lowest BCUT2D eigenvalue weighted by Gasteiger charge is -2.37. The van der Waals surface area contributed by atoms with Gasteiger partial charge in [-0.1, -0.05) is 44.2 Å². The minimum Gasteiger partial charge on any atom is -0.508 e. The molecule has 0 saturated carbocycles. The van der Waals surface area contributed by atoms with E-state index >= 15 is 0 Å². The van der Waals surface area contributed by atoms with E-state index in [0.29, 0.717) is 5.75 Å². The number of phenols is 1. The van der Waals surface area contributed by atoms with Gasteiger partial charge in [0.05, 0.1) is 6.10 Å². The second kappa shape index (κ2) is 8.89. The van der Waals surface area contributed by atoms with Crippen molar-refractivity contribution in [3.63, 3.8) is 0 Å². The maximum Gasteiger partial charge on any atom is 0.218 e. The van der Waals surface area contributed by atoms with Crippen molar-refractivity contribution in [2.75, 3.05) is 0 Å². The third kappa shape index (κ3) is 5.75. The van der Waals surface area contributed by atoms with E-state index < -0.39 is 0 Å². The first-order valence-electron chi connectivity index (χ1n) is 10.6. The van der Waals surface area contributed by atoms with E-state index in [4.69, 9.17) is 10.5 Å². The molecule has 0 heterocycles. The average molecular weight is 396 g/mol. The maximum atomic E-state index is 11.5. The topological polar surface area (TPSA) is 72.6 Å². The summed E-state index contributed by atoms with van der Waals surface area (Å²) in [5.41, 5.74) is 8.79. The van der Waals surface area contributed by atoms with E-state index in [2.05, 4.69) is 45.0 Å². The van der Waals surface area contributed by atoms with Gasteiger partial charge in [-0.2, -0.15) is 0 Å². The quantitative estimate of drug-likeness (QED) is 0.652. The molecule has 2 aromatic rings. The molecule has 0 bridgehead atoms. The van der Waals surface area contributed by atoms with Crippen LogP contribution in [0, 0.1) is 5.41 Å². The minimum absolute atomic E-state index is 0.0383. The van der Waals surface area contributed by atoms with Gasteiger partial charge < -0.3 is 15.6 Å². The molecule has 0 aliphatic heterocycles. The van der Waals surface area contributed by atoms with Gasteiger partial charge in [0.15, 0.2) is 0 Å². The first-order chi connectivity index (χ1) is 13.7. The van der Waals surface area contributed by atoms with Crippen molar-refractivity contribution in [2.24, 2.45) is 11.1 Å². The Labute approximate surface area is 174 Å². The van der Waals surface area contributed by atoms with E-state index in [-0.39, 0.29) is 35.5 Å². The summed E-state index contributed by atoms with van der Waals surface area (Å²) in [5.74, 6) is 0.550. The standard InChI is InChI=1S/C25H33NO3/c1-17(8-7-11-18-9-5-4-6-10-18)29-21-12-19-15-25(2,3)16-20(13-23(26)28)24(19)22(27)14-21/h4-6,9-10,12,14,17,20,27H,7-8,11,13,15-16H2,1-3H3,(H2,26,28). The molecule has 29 heavy (non-hydrogen) atoms. The van der Waals surface area contributed by atoms with Gasteiger partial charge >= 0.3 is 0 Å². The fourth-order valence-corrected chi connectivity index (χ4v) is 4.66. The molecule has 3 N–H and O–H groups in total. The largest absolute Gasteiger partial charge is 0.508 e. The number of fused-ring (bicyclic) bond motifs is 1. The summed E-state index contributed by atoms with van der Waals surface area (Å²) in [6.45, 7) is 6.46. The molecule has 1 aliphatic carbocycles. The van der Waals surface area contributed by atoms with E-state index in [0.717, 1.165) is 43.2 Å². The van der Waals surface area contributed by atoms with E-state index in [9.17, 15) is 9.90 Å². The van der Waals surface area contributed by atoms with Crippen LogP contribution in [0.15, 0.2) is 42.5 Å². The van der Waals surface area contributed by atoms with Crippen LogP contribution in [0.1, 0.15) is 69.1 Å². The van der Waals surface area contributed by atoms with Crippen molar-refractivity contribution < 1.29 is 14.6 Å². The SMILES string of the molecule is CC(CCCc1ccccc1)Oc1cc(O)c2c(c1)CC(C)(C)CC2CC(N)=O. The average Bonchev–Trinajstić information content (AvgIpc) is 2.60. The molecular formula is C25H33NO3. The Morgan fingerprint density at radius 1 is 1.28 bits per heavy atom. The number of aromatic hydroxyl groups is 1. The Kier molecular flexibility index (Phi) is 6.51. The highest BCUT2D eigenvalue weighted by molar-refractivity contribution is 5.75. The lowest BCUT2D eigenvalue weighted by Crippen LogP contribution is -2.28. The summed E-state index contributed by atoms with van der Waals surface area (Å²) in [7, 11) is 0. The highest BCUT2D eigenvalue weighted by Crippen LogP contribution is 2.48. The second-order valence-electron chi connectivity index (χ2n) is 9.23. The minimum atomic E-state index is -0.328. The molecule has 0 aromatic heterocycles. The molecule has 0 radical (unpaired) electrons. The molecule has 2 aromatic carbocycles. The Morgan fingerprint density at radius 3 is 2.69 bits per heavy atom. The van der Waals surface area contributed by atoms with Crippen molar-refractivity contribution in [2.45, 2.75) is 71.3 Å². The summed E-state index contributed by atoms with van der Waals surface area (Å²) in [6.07, 6.45) is 5.05. The number of phenolic OH excluding ortho intramolecular Hbond substituents is 1. The van der Waals surface area contributed by atoms with Crippen LogP contribution in [0.2, 0.25) is 0 Å². The summed E-state index contributed by atoms with van der Waals surface area (Å²) in [4.78, 5) is 11.5. The molecule has 1 aliphatic rings. The van der Waals surface area contributed by atoms with Gasteiger partial charge in [-0.25, -0.2) is 0 Å². The van der Waals surface area contributed by atoms with Crippen molar-refractivity contribution in [3.05, 3.63) is 59.2 Å². The number of benzene rings is 2. The lowest BCUT2D eigenvalue weighted by atomic mass is 9.68. The predicted molar refractivity (Wildman–Crippen MR) is 116 cm³/mol. The number of carbonyl (C=O) groups is 1. The second-order valence-corrected chi connectivity index (χ2v) is 9.23. The number of hydrogen-bond acceptors (Lipinski definition) is 3. The summed E-state index contributed by atoms with van der Waals surface area (Å²) < 4.78 is 6.13. The van der Waals surface area contributed by atoms with E-state index in [1.54, 1.807) is 6.07 Å². The van der Waals surface area contributed by atoms with E-state index in [1.165, 1.54) is 5.56 Å². The third-order valence-corrected chi connectivity index (χ3v) is 5.80. The summed E-state index contributed by atoms with van der Waals surface area (Å²) in [6, 6.07) is 14.2. The Balaban J connectivity index is 1.68. The zero-order valence-corrected chi connectivity index (χ0v) is 17.8. The Morgan fingerprint density at radius 2 is 2.00 bits per heavy atom. The van der Waals surface area contributed by atoms with Crippen molar-refractivity contribution in [1.82, 2.24) is 0 Å². The van der Waals surface area contributed by atoms with E-state index in [1.807, 2.05) is 12.1 Å². The number of ether oxygens (including phenoxy) is 1. The van der Waals surface area contributed by atoms with Crippen LogP contribution in [0.3, 0.4) is 0 Å². The van der Waals surface area contributed by atoms with Gasteiger partial charge in [0.25, 0.3) is 0 Å². The Bertz CT molecular complexity index is 845. The molecule has 0 fully saturated rings. The molecule has 3 rings (SSSR count). The predicted octanol–water partition coefficient (Wildman–Crippen LogP) is 5.11. The number of nitrogens with two attached hydrogens (primary N) is 1.